The zero-order valence-corrected chi connectivity index (χ0v) is 17.4. The highest BCUT2D eigenvalue weighted by Crippen LogP contribution is 2.21. The van der Waals surface area contributed by atoms with E-state index in [4.69, 9.17) is 0 Å². The van der Waals surface area contributed by atoms with Crippen LogP contribution in [0.4, 0.5) is 5.69 Å². The van der Waals surface area contributed by atoms with Crippen LogP contribution in [-0.4, -0.2) is 53.8 Å². The molecule has 1 heterocycles. The molecule has 0 spiro atoms. The summed E-state index contributed by atoms with van der Waals surface area (Å²) in [6.07, 6.45) is 0. The predicted octanol–water partition coefficient (Wildman–Crippen LogP) is 3.50. The minimum atomic E-state index is -0.360. The third-order valence-electron chi connectivity index (χ3n) is 5.85. The molecule has 3 aromatic rings. The van der Waals surface area contributed by atoms with Gasteiger partial charge < -0.3 is 10.2 Å². The summed E-state index contributed by atoms with van der Waals surface area (Å²) in [4.78, 5) is 29.8. The molecule has 1 aliphatic heterocycles. The number of carbonyl (C=O) groups excluding carboxylic acids is 2. The van der Waals surface area contributed by atoms with Gasteiger partial charge in [0.15, 0.2) is 0 Å². The van der Waals surface area contributed by atoms with Crippen molar-refractivity contribution in [3.8, 4) is 6.07 Å². The summed E-state index contributed by atoms with van der Waals surface area (Å²) in [7, 11) is 0. The number of benzene rings is 3. The zero-order chi connectivity index (χ0) is 21.8. The molecule has 31 heavy (non-hydrogen) atoms. The number of nitriles is 1. The van der Waals surface area contributed by atoms with Crippen molar-refractivity contribution < 1.29 is 9.59 Å². The maximum absolute atomic E-state index is 13.1. The maximum Gasteiger partial charge on any atom is 0.254 e. The van der Waals surface area contributed by atoms with E-state index in [2.05, 4.69) is 16.3 Å². The van der Waals surface area contributed by atoms with Crippen LogP contribution < -0.4 is 5.32 Å². The number of carbonyl (C=O) groups is 2. The Hall–Kier alpha value is -3.69. The Labute approximate surface area is 181 Å². The highest BCUT2D eigenvalue weighted by atomic mass is 16.2. The Morgan fingerprint density at radius 3 is 2.39 bits per heavy atom. The summed E-state index contributed by atoms with van der Waals surface area (Å²) in [5, 5.41) is 14.1. The van der Waals surface area contributed by atoms with E-state index in [1.165, 1.54) is 0 Å². The van der Waals surface area contributed by atoms with Crippen molar-refractivity contribution in [1.82, 2.24) is 9.80 Å². The molecule has 1 N–H and O–H groups in total. The quantitative estimate of drug-likeness (QED) is 0.712. The van der Waals surface area contributed by atoms with Gasteiger partial charge in [0.25, 0.3) is 5.91 Å². The summed E-state index contributed by atoms with van der Waals surface area (Å²) in [5.74, 6) is -0.131. The summed E-state index contributed by atoms with van der Waals surface area (Å²) in [5.41, 5.74) is 1.67. The van der Waals surface area contributed by atoms with Gasteiger partial charge in [0.05, 0.1) is 17.3 Å². The summed E-state index contributed by atoms with van der Waals surface area (Å²) >= 11 is 0. The van der Waals surface area contributed by atoms with E-state index >= 15 is 0 Å². The third kappa shape index (κ3) is 4.27. The van der Waals surface area contributed by atoms with Crippen LogP contribution in [0.25, 0.3) is 10.8 Å². The maximum atomic E-state index is 13.1. The molecule has 0 aromatic heterocycles. The molecular formula is C25H24N4O2. The van der Waals surface area contributed by atoms with Crippen molar-refractivity contribution >= 4 is 28.3 Å². The minimum absolute atomic E-state index is 0.0245. The molecule has 1 saturated heterocycles. The van der Waals surface area contributed by atoms with Gasteiger partial charge in [-0.3, -0.25) is 14.5 Å². The van der Waals surface area contributed by atoms with E-state index in [0.717, 1.165) is 10.8 Å². The van der Waals surface area contributed by atoms with Crippen LogP contribution in [0.2, 0.25) is 0 Å². The van der Waals surface area contributed by atoms with Gasteiger partial charge in [-0.1, -0.05) is 48.5 Å². The lowest BCUT2D eigenvalue weighted by atomic mass is 10.0. The number of anilines is 1. The SMILES string of the molecule is CC(C(=O)Nc1ccccc1C#N)N1CCN(C(=O)c2cccc3ccccc23)CC1. The monoisotopic (exact) mass is 412 g/mol. The number of piperazine rings is 1. The first-order chi connectivity index (χ1) is 15.1. The van der Waals surface area contributed by atoms with E-state index in [-0.39, 0.29) is 17.9 Å². The van der Waals surface area contributed by atoms with Gasteiger partial charge in [0.2, 0.25) is 5.91 Å². The van der Waals surface area contributed by atoms with Gasteiger partial charge in [-0.25, -0.2) is 0 Å². The first-order valence-electron chi connectivity index (χ1n) is 10.4. The van der Waals surface area contributed by atoms with Crippen molar-refractivity contribution in [2.24, 2.45) is 0 Å². The molecule has 6 heteroatoms. The van der Waals surface area contributed by atoms with Crippen LogP contribution in [0.1, 0.15) is 22.8 Å². The average molecular weight is 412 g/mol. The second-order valence-electron chi connectivity index (χ2n) is 7.68. The fourth-order valence-electron chi connectivity index (χ4n) is 3.99. The summed E-state index contributed by atoms with van der Waals surface area (Å²) in [6, 6.07) is 22.4. The molecule has 0 radical (unpaired) electrons. The Balaban J connectivity index is 1.39. The number of amides is 2. The molecule has 1 fully saturated rings. The molecule has 1 aliphatic rings. The van der Waals surface area contributed by atoms with Crippen molar-refractivity contribution in [2.45, 2.75) is 13.0 Å². The standard InChI is InChI=1S/C25H24N4O2/c1-18(24(30)27-23-12-5-3-8-20(23)17-26)28-13-15-29(16-14-28)25(31)22-11-6-9-19-7-2-4-10-21(19)22/h2-12,18H,13-16H2,1H3,(H,27,30). The van der Waals surface area contributed by atoms with Gasteiger partial charge in [-0.05, 0) is 35.9 Å². The Morgan fingerprint density at radius 2 is 1.61 bits per heavy atom. The highest BCUT2D eigenvalue weighted by molar-refractivity contribution is 6.07. The van der Waals surface area contributed by atoms with E-state index in [1.54, 1.807) is 24.3 Å². The lowest BCUT2D eigenvalue weighted by Gasteiger charge is -2.37. The van der Waals surface area contributed by atoms with Crippen LogP contribution in [0.3, 0.4) is 0 Å². The second-order valence-corrected chi connectivity index (χ2v) is 7.68. The molecule has 3 aromatic carbocycles. The fourth-order valence-corrected chi connectivity index (χ4v) is 3.99. The first kappa shape index (κ1) is 20.6. The molecule has 6 nitrogen and oxygen atoms in total. The highest BCUT2D eigenvalue weighted by Gasteiger charge is 2.28. The number of rotatable bonds is 4. The Bertz CT molecular complexity index is 1150. The molecule has 0 aliphatic carbocycles. The van der Waals surface area contributed by atoms with E-state index < -0.39 is 0 Å². The summed E-state index contributed by atoms with van der Waals surface area (Å²) in [6.45, 7) is 4.21. The Kier molecular flexibility index (Phi) is 5.96. The zero-order valence-electron chi connectivity index (χ0n) is 17.4. The lowest BCUT2D eigenvalue weighted by molar-refractivity contribution is -0.121. The van der Waals surface area contributed by atoms with Gasteiger partial charge in [0.1, 0.15) is 6.07 Å². The molecule has 4 rings (SSSR count). The van der Waals surface area contributed by atoms with Crippen molar-refractivity contribution in [3.63, 3.8) is 0 Å². The number of nitrogens with one attached hydrogen (secondary N) is 1. The number of hydrogen-bond acceptors (Lipinski definition) is 4. The van der Waals surface area contributed by atoms with Crippen LogP contribution in [0.5, 0.6) is 0 Å². The topological polar surface area (TPSA) is 76.4 Å². The van der Waals surface area contributed by atoms with Gasteiger partial charge in [-0.15, -0.1) is 0 Å². The van der Waals surface area contributed by atoms with Crippen molar-refractivity contribution in [1.29, 1.82) is 5.26 Å². The van der Waals surface area contributed by atoms with Crippen LogP contribution in [-0.2, 0) is 4.79 Å². The molecular weight excluding hydrogens is 388 g/mol. The second kappa shape index (κ2) is 8.99. The van der Waals surface area contributed by atoms with E-state index in [0.29, 0.717) is 43.0 Å². The molecule has 2 amide bonds. The largest absolute Gasteiger partial charge is 0.336 e. The first-order valence-corrected chi connectivity index (χ1v) is 10.4. The van der Waals surface area contributed by atoms with Crippen molar-refractivity contribution in [2.75, 3.05) is 31.5 Å². The Morgan fingerprint density at radius 1 is 0.935 bits per heavy atom. The molecule has 156 valence electrons. The minimum Gasteiger partial charge on any atom is -0.336 e. The molecule has 0 saturated carbocycles. The van der Waals surface area contributed by atoms with Crippen molar-refractivity contribution in [3.05, 3.63) is 77.9 Å². The van der Waals surface area contributed by atoms with Gasteiger partial charge >= 0.3 is 0 Å². The van der Waals surface area contributed by atoms with Crippen LogP contribution in [0, 0.1) is 11.3 Å². The number of para-hydroxylation sites is 1. The number of hydrogen-bond donors (Lipinski definition) is 1. The van der Waals surface area contributed by atoms with E-state index in [1.807, 2.05) is 54.3 Å². The smallest absolute Gasteiger partial charge is 0.254 e. The molecule has 1 atom stereocenters. The molecule has 0 bridgehead atoms. The normalized spacial score (nSPS) is 15.3. The van der Waals surface area contributed by atoms with Crippen LogP contribution >= 0.6 is 0 Å². The number of fused-ring (bicyclic) bond motifs is 1. The lowest BCUT2D eigenvalue weighted by Crippen LogP contribution is -2.54. The summed E-state index contributed by atoms with van der Waals surface area (Å²) < 4.78 is 0. The molecule has 1 unspecified atom stereocenters. The average Bonchev–Trinajstić information content (AvgIpc) is 2.83. The van der Waals surface area contributed by atoms with Gasteiger partial charge in [-0.2, -0.15) is 5.26 Å². The van der Waals surface area contributed by atoms with Crippen LogP contribution in [0.15, 0.2) is 66.7 Å². The fraction of sp³-hybridized carbons (Fsp3) is 0.240. The number of nitrogens with zero attached hydrogens (tertiary/aromatic N) is 3. The van der Waals surface area contributed by atoms with E-state index in [9.17, 15) is 14.9 Å². The third-order valence-corrected chi connectivity index (χ3v) is 5.85. The van der Waals surface area contributed by atoms with Gasteiger partial charge in [0, 0.05) is 31.7 Å². The predicted molar refractivity (Wildman–Crippen MR) is 121 cm³/mol.